The number of hydrogen-bond donors (Lipinski definition) is 3. The molecule has 2 atom stereocenters. The zero-order chi connectivity index (χ0) is 18.7. The van der Waals surface area contributed by atoms with Crippen molar-refractivity contribution < 1.29 is 14.4 Å². The molecular formula is C19H26N4O3. The van der Waals surface area contributed by atoms with E-state index in [9.17, 15) is 14.4 Å². The van der Waals surface area contributed by atoms with Crippen LogP contribution in [0.5, 0.6) is 0 Å². The Kier molecular flexibility index (Phi) is 5.68. The van der Waals surface area contributed by atoms with Gasteiger partial charge >= 0.3 is 0 Å². The van der Waals surface area contributed by atoms with Gasteiger partial charge in [0.05, 0.1) is 0 Å². The van der Waals surface area contributed by atoms with Gasteiger partial charge in [-0.05, 0) is 37.1 Å². The standard InChI is InChI=1S/C19H26N4O3/c1-3-21-12(2)9-20-10-13-5-4-6-14-15(13)11-23(19(14)26)16-7-8-17(24)22-18(16)25/h4-6,12,16,20-21H,3,7-11H2,1-2H3,(H,22,24,25)/t12-,16?/m0/s1. The molecule has 0 aliphatic carbocycles. The fraction of sp³-hybridized carbons (Fsp3) is 0.526. The van der Waals surface area contributed by atoms with Crippen molar-refractivity contribution in [3.05, 3.63) is 34.9 Å². The number of fused-ring (bicyclic) bond motifs is 1. The molecule has 1 aromatic carbocycles. The molecule has 0 bridgehead atoms. The molecular weight excluding hydrogens is 332 g/mol. The molecule has 1 unspecified atom stereocenters. The van der Waals surface area contributed by atoms with Crippen LogP contribution in [-0.4, -0.2) is 47.8 Å². The molecule has 1 fully saturated rings. The third-order valence-corrected chi connectivity index (χ3v) is 5.00. The zero-order valence-electron chi connectivity index (χ0n) is 15.3. The van der Waals surface area contributed by atoms with E-state index in [0.29, 0.717) is 31.1 Å². The van der Waals surface area contributed by atoms with Crippen LogP contribution in [-0.2, 0) is 22.7 Å². The van der Waals surface area contributed by atoms with Crippen molar-refractivity contribution in [1.29, 1.82) is 0 Å². The van der Waals surface area contributed by atoms with E-state index in [2.05, 4.69) is 29.8 Å². The molecule has 3 N–H and O–H groups in total. The first kappa shape index (κ1) is 18.5. The van der Waals surface area contributed by atoms with E-state index >= 15 is 0 Å². The number of nitrogens with zero attached hydrogens (tertiary/aromatic N) is 1. The third-order valence-electron chi connectivity index (χ3n) is 5.00. The van der Waals surface area contributed by atoms with E-state index in [1.54, 1.807) is 4.90 Å². The van der Waals surface area contributed by atoms with Crippen molar-refractivity contribution >= 4 is 17.7 Å². The maximum absolute atomic E-state index is 12.8. The van der Waals surface area contributed by atoms with Crippen molar-refractivity contribution in [2.45, 2.75) is 51.9 Å². The van der Waals surface area contributed by atoms with Gasteiger partial charge < -0.3 is 15.5 Å². The molecule has 2 heterocycles. The van der Waals surface area contributed by atoms with Crippen LogP contribution in [0.15, 0.2) is 18.2 Å². The van der Waals surface area contributed by atoms with Crippen molar-refractivity contribution in [2.75, 3.05) is 13.1 Å². The van der Waals surface area contributed by atoms with Crippen LogP contribution < -0.4 is 16.0 Å². The van der Waals surface area contributed by atoms with Gasteiger partial charge in [-0.3, -0.25) is 19.7 Å². The normalized spacial score (nSPS) is 20.9. The van der Waals surface area contributed by atoms with Gasteiger partial charge in [-0.25, -0.2) is 0 Å². The Morgan fingerprint density at radius 2 is 2.12 bits per heavy atom. The average molecular weight is 358 g/mol. The number of likely N-dealkylation sites (N-methyl/N-ethyl adjacent to an activating group) is 1. The lowest BCUT2D eigenvalue weighted by Crippen LogP contribution is -2.52. The topological polar surface area (TPSA) is 90.5 Å². The SMILES string of the molecule is CCN[C@@H](C)CNCc1cccc2c1CN(C1CCC(=O)NC1=O)C2=O. The number of amides is 3. The maximum atomic E-state index is 12.8. The van der Waals surface area contributed by atoms with Gasteiger partial charge in [0, 0.05) is 37.7 Å². The van der Waals surface area contributed by atoms with Crippen molar-refractivity contribution in [3.63, 3.8) is 0 Å². The summed E-state index contributed by atoms with van der Waals surface area (Å²) in [4.78, 5) is 37.9. The lowest BCUT2D eigenvalue weighted by Gasteiger charge is -2.29. The Labute approximate surface area is 153 Å². The summed E-state index contributed by atoms with van der Waals surface area (Å²) < 4.78 is 0. The van der Waals surface area contributed by atoms with Gasteiger partial charge in [-0.15, -0.1) is 0 Å². The van der Waals surface area contributed by atoms with Gasteiger partial charge in [-0.2, -0.15) is 0 Å². The van der Waals surface area contributed by atoms with Gasteiger partial charge in [0.2, 0.25) is 11.8 Å². The van der Waals surface area contributed by atoms with Crippen LogP contribution in [0, 0.1) is 0 Å². The van der Waals surface area contributed by atoms with Gasteiger partial charge in [0.1, 0.15) is 6.04 Å². The van der Waals surface area contributed by atoms with E-state index in [-0.39, 0.29) is 24.1 Å². The number of rotatable bonds is 7. The molecule has 140 valence electrons. The summed E-state index contributed by atoms with van der Waals surface area (Å²) >= 11 is 0. The summed E-state index contributed by atoms with van der Waals surface area (Å²) in [5, 5.41) is 9.11. The van der Waals surface area contributed by atoms with Crippen LogP contribution in [0.1, 0.15) is 48.2 Å². The number of imide groups is 1. The molecule has 7 heteroatoms. The van der Waals surface area contributed by atoms with Crippen LogP contribution in [0.25, 0.3) is 0 Å². The summed E-state index contributed by atoms with van der Waals surface area (Å²) in [5.41, 5.74) is 2.72. The molecule has 1 saturated heterocycles. The van der Waals surface area contributed by atoms with E-state index in [1.807, 2.05) is 18.2 Å². The number of nitrogens with one attached hydrogen (secondary N) is 3. The first-order valence-electron chi connectivity index (χ1n) is 9.20. The summed E-state index contributed by atoms with van der Waals surface area (Å²) in [7, 11) is 0. The molecule has 3 amide bonds. The zero-order valence-corrected chi connectivity index (χ0v) is 15.3. The van der Waals surface area contributed by atoms with E-state index in [4.69, 9.17) is 0 Å². The second kappa shape index (κ2) is 7.97. The predicted octanol–water partition coefficient (Wildman–Crippen LogP) is 0.535. The van der Waals surface area contributed by atoms with Crippen molar-refractivity contribution in [1.82, 2.24) is 20.9 Å². The highest BCUT2D eigenvalue weighted by Gasteiger charge is 2.39. The molecule has 26 heavy (non-hydrogen) atoms. The molecule has 0 spiro atoms. The maximum Gasteiger partial charge on any atom is 0.255 e. The van der Waals surface area contributed by atoms with E-state index in [1.165, 1.54) is 0 Å². The summed E-state index contributed by atoms with van der Waals surface area (Å²) in [5.74, 6) is -0.769. The minimum absolute atomic E-state index is 0.127. The Morgan fingerprint density at radius 3 is 2.85 bits per heavy atom. The van der Waals surface area contributed by atoms with Crippen LogP contribution in [0.3, 0.4) is 0 Å². The average Bonchev–Trinajstić information content (AvgIpc) is 2.93. The molecule has 0 aromatic heterocycles. The number of hydrogen-bond acceptors (Lipinski definition) is 5. The highest BCUT2D eigenvalue weighted by molar-refractivity contribution is 6.05. The predicted molar refractivity (Wildman–Crippen MR) is 97.3 cm³/mol. The molecule has 1 aromatic rings. The molecule has 2 aliphatic heterocycles. The lowest BCUT2D eigenvalue weighted by molar-refractivity contribution is -0.136. The Hall–Kier alpha value is -2.25. The van der Waals surface area contributed by atoms with Gasteiger partial charge in [0.15, 0.2) is 0 Å². The van der Waals surface area contributed by atoms with Crippen LogP contribution in [0.2, 0.25) is 0 Å². The molecule has 0 saturated carbocycles. The molecule has 2 aliphatic rings. The largest absolute Gasteiger partial charge is 0.322 e. The lowest BCUT2D eigenvalue weighted by atomic mass is 10.0. The quantitative estimate of drug-likeness (QED) is 0.619. The molecule has 0 radical (unpaired) electrons. The Morgan fingerprint density at radius 1 is 1.31 bits per heavy atom. The van der Waals surface area contributed by atoms with E-state index < -0.39 is 6.04 Å². The number of piperidine rings is 1. The smallest absolute Gasteiger partial charge is 0.255 e. The first-order valence-corrected chi connectivity index (χ1v) is 9.20. The summed E-state index contributed by atoms with van der Waals surface area (Å²) in [6.07, 6.45) is 0.658. The Balaban J connectivity index is 1.69. The van der Waals surface area contributed by atoms with Crippen LogP contribution in [0.4, 0.5) is 0 Å². The van der Waals surface area contributed by atoms with Crippen molar-refractivity contribution in [3.8, 4) is 0 Å². The van der Waals surface area contributed by atoms with Crippen LogP contribution >= 0.6 is 0 Å². The molecule has 3 rings (SSSR count). The van der Waals surface area contributed by atoms with Crippen molar-refractivity contribution in [2.24, 2.45) is 0 Å². The van der Waals surface area contributed by atoms with E-state index in [0.717, 1.165) is 24.2 Å². The monoisotopic (exact) mass is 358 g/mol. The van der Waals surface area contributed by atoms with Gasteiger partial charge in [-0.1, -0.05) is 19.1 Å². The van der Waals surface area contributed by atoms with Gasteiger partial charge in [0.25, 0.3) is 5.91 Å². The first-order chi connectivity index (χ1) is 12.5. The number of carbonyl (C=O) groups excluding carboxylic acids is 3. The highest BCUT2D eigenvalue weighted by Crippen LogP contribution is 2.29. The fourth-order valence-electron chi connectivity index (χ4n) is 3.66. The second-order valence-corrected chi connectivity index (χ2v) is 6.93. The minimum atomic E-state index is -0.567. The summed E-state index contributed by atoms with van der Waals surface area (Å²) in [6.45, 7) is 7.06. The second-order valence-electron chi connectivity index (χ2n) is 6.93. The minimum Gasteiger partial charge on any atom is -0.322 e. The summed E-state index contributed by atoms with van der Waals surface area (Å²) in [6, 6.07) is 5.52. The fourth-order valence-corrected chi connectivity index (χ4v) is 3.66. The number of benzene rings is 1. The highest BCUT2D eigenvalue weighted by atomic mass is 16.2. The Bertz CT molecular complexity index is 719. The third kappa shape index (κ3) is 3.78. The number of carbonyl (C=O) groups is 3. The molecule has 7 nitrogen and oxygen atoms in total.